The summed E-state index contributed by atoms with van der Waals surface area (Å²) in [6, 6.07) is 7.93. The van der Waals surface area contributed by atoms with Crippen molar-refractivity contribution in [2.24, 2.45) is 4.99 Å². The van der Waals surface area contributed by atoms with Crippen molar-refractivity contribution < 1.29 is 28.5 Å². The van der Waals surface area contributed by atoms with Crippen LogP contribution in [0.2, 0.25) is 0 Å². The number of halogens is 3. The Labute approximate surface area is 180 Å². The third kappa shape index (κ3) is 4.52. The molecule has 30 heavy (non-hydrogen) atoms. The molecule has 0 spiro atoms. The number of rotatable bonds is 6. The number of ether oxygens (including phenoxy) is 1. The fourth-order valence-corrected chi connectivity index (χ4v) is 3.45. The van der Waals surface area contributed by atoms with Gasteiger partial charge in [-0.15, -0.1) is 0 Å². The monoisotopic (exact) mass is 480 g/mol. The summed E-state index contributed by atoms with van der Waals surface area (Å²) < 4.78 is 32.6. The second kappa shape index (κ2) is 8.93. The fraction of sp³-hybridized carbons (Fsp3) is 0.238. The second-order valence-corrected chi connectivity index (χ2v) is 7.55. The summed E-state index contributed by atoms with van der Waals surface area (Å²) in [6.45, 7) is 3.50. The lowest BCUT2D eigenvalue weighted by molar-refractivity contribution is 0.0696. The van der Waals surface area contributed by atoms with Gasteiger partial charge >= 0.3 is 5.97 Å². The maximum atomic E-state index is 13.8. The van der Waals surface area contributed by atoms with Crippen molar-refractivity contribution in [1.82, 2.24) is 0 Å². The molecule has 0 aromatic heterocycles. The number of hydrogen-bond donors (Lipinski definition) is 2. The second-order valence-electron chi connectivity index (χ2n) is 6.70. The van der Waals surface area contributed by atoms with Crippen LogP contribution in [0.5, 0.6) is 0 Å². The summed E-state index contributed by atoms with van der Waals surface area (Å²) in [4.78, 5) is 17.1. The first-order valence-electron chi connectivity index (χ1n) is 9.02. The summed E-state index contributed by atoms with van der Waals surface area (Å²) in [5, 5.41) is 20.0. The minimum absolute atomic E-state index is 0.0595. The average molecular weight is 481 g/mol. The van der Waals surface area contributed by atoms with Gasteiger partial charge in [0, 0.05) is 18.2 Å². The van der Waals surface area contributed by atoms with Gasteiger partial charge in [-0.2, -0.15) is 4.99 Å². The van der Waals surface area contributed by atoms with Gasteiger partial charge in [0.15, 0.2) is 6.23 Å². The van der Waals surface area contributed by atoms with E-state index in [-0.39, 0.29) is 29.0 Å². The number of hydrogen-bond acceptors (Lipinski definition) is 5. The van der Waals surface area contributed by atoms with Crippen LogP contribution in [0.15, 0.2) is 51.8 Å². The molecule has 0 saturated heterocycles. The van der Waals surface area contributed by atoms with Gasteiger partial charge in [0.05, 0.1) is 12.2 Å². The van der Waals surface area contributed by atoms with E-state index in [0.717, 1.165) is 11.6 Å². The standard InChI is InChI=1S/C21H19BrF2N2O4/c1-11-3-4-14(21(28)29)9-17(11)26-12(2)25-19(18(22)20(26)27)30-8-7-13-5-6-15(23)10-16(13)24/h3-6,9-10,20,27H,7-8H2,1-2H3,(H,28,29). The molecule has 1 aliphatic heterocycles. The average Bonchev–Trinajstić information content (AvgIpc) is 2.68. The molecule has 0 fully saturated rings. The number of amidine groups is 1. The molecule has 0 bridgehead atoms. The van der Waals surface area contributed by atoms with E-state index in [1.807, 2.05) is 0 Å². The molecule has 6 nitrogen and oxygen atoms in total. The molecule has 0 radical (unpaired) electrons. The van der Waals surface area contributed by atoms with Crippen molar-refractivity contribution >= 4 is 33.4 Å². The maximum absolute atomic E-state index is 13.8. The quantitative estimate of drug-likeness (QED) is 0.641. The molecule has 3 rings (SSSR count). The smallest absolute Gasteiger partial charge is 0.335 e. The lowest BCUT2D eigenvalue weighted by Crippen LogP contribution is -2.43. The van der Waals surface area contributed by atoms with Crippen LogP contribution >= 0.6 is 15.9 Å². The molecule has 158 valence electrons. The number of aryl methyl sites for hydroxylation is 1. The molecule has 0 aliphatic carbocycles. The van der Waals surface area contributed by atoms with E-state index in [1.54, 1.807) is 19.9 Å². The number of anilines is 1. The van der Waals surface area contributed by atoms with Gasteiger partial charge < -0.3 is 14.9 Å². The number of aliphatic hydroxyl groups excluding tert-OH is 1. The van der Waals surface area contributed by atoms with Crippen molar-refractivity contribution in [3.63, 3.8) is 0 Å². The number of aromatic carboxylic acids is 1. The minimum Gasteiger partial charge on any atom is -0.478 e. The first kappa shape index (κ1) is 21.9. The lowest BCUT2D eigenvalue weighted by atomic mass is 10.1. The van der Waals surface area contributed by atoms with Gasteiger partial charge in [-0.3, -0.25) is 4.90 Å². The Morgan fingerprint density at radius 2 is 1.97 bits per heavy atom. The zero-order valence-electron chi connectivity index (χ0n) is 16.2. The van der Waals surface area contributed by atoms with Crippen LogP contribution in [0, 0.1) is 18.6 Å². The number of carboxylic acid groups (broad SMARTS) is 1. The molecular weight excluding hydrogens is 462 g/mol. The first-order valence-corrected chi connectivity index (χ1v) is 9.81. The highest BCUT2D eigenvalue weighted by atomic mass is 79.9. The van der Waals surface area contributed by atoms with Gasteiger partial charge in [-0.25, -0.2) is 13.6 Å². The Balaban J connectivity index is 1.78. The molecule has 2 aromatic rings. The minimum atomic E-state index is -1.19. The summed E-state index contributed by atoms with van der Waals surface area (Å²) in [5.41, 5.74) is 1.63. The third-order valence-electron chi connectivity index (χ3n) is 4.63. The Morgan fingerprint density at radius 1 is 1.23 bits per heavy atom. The Kier molecular flexibility index (Phi) is 6.52. The summed E-state index contributed by atoms with van der Waals surface area (Å²) in [7, 11) is 0. The van der Waals surface area contributed by atoms with Gasteiger partial charge in [-0.1, -0.05) is 12.1 Å². The van der Waals surface area contributed by atoms with Crippen LogP contribution < -0.4 is 4.90 Å². The van der Waals surface area contributed by atoms with Crippen molar-refractivity contribution in [2.45, 2.75) is 26.5 Å². The zero-order chi connectivity index (χ0) is 22.0. The van der Waals surface area contributed by atoms with Crippen LogP contribution in [0.4, 0.5) is 14.5 Å². The molecule has 1 atom stereocenters. The van der Waals surface area contributed by atoms with Gasteiger partial charge in [0.25, 0.3) is 0 Å². The predicted octanol–water partition coefficient (Wildman–Crippen LogP) is 4.35. The van der Waals surface area contributed by atoms with E-state index < -0.39 is 23.8 Å². The van der Waals surface area contributed by atoms with E-state index in [0.29, 0.717) is 17.1 Å². The SMILES string of the molecule is CC1=NC(OCCc2ccc(F)cc2F)=C(Br)C(O)N1c1cc(C(=O)O)ccc1C. The van der Waals surface area contributed by atoms with Gasteiger partial charge in [0.1, 0.15) is 22.0 Å². The maximum Gasteiger partial charge on any atom is 0.335 e. The number of aliphatic imine (C=N–C) groups is 1. The largest absolute Gasteiger partial charge is 0.478 e. The molecule has 9 heteroatoms. The molecular formula is C21H19BrF2N2O4. The fourth-order valence-electron chi connectivity index (χ4n) is 3.05. The molecule has 2 N–H and O–H groups in total. The third-order valence-corrected chi connectivity index (χ3v) is 5.38. The number of benzene rings is 2. The van der Waals surface area contributed by atoms with Crippen LogP contribution in [-0.2, 0) is 11.2 Å². The summed E-state index contributed by atoms with van der Waals surface area (Å²) in [6.07, 6.45) is -1.01. The predicted molar refractivity (Wildman–Crippen MR) is 112 cm³/mol. The zero-order valence-corrected chi connectivity index (χ0v) is 17.8. The van der Waals surface area contributed by atoms with E-state index in [9.17, 15) is 23.8 Å². The van der Waals surface area contributed by atoms with E-state index in [4.69, 9.17) is 4.74 Å². The van der Waals surface area contributed by atoms with E-state index in [1.165, 1.54) is 29.2 Å². The molecule has 1 heterocycles. The number of carbonyl (C=O) groups is 1. The van der Waals surface area contributed by atoms with Crippen molar-refractivity contribution in [3.05, 3.63) is 75.1 Å². The van der Waals surface area contributed by atoms with Gasteiger partial charge in [-0.05, 0) is 59.1 Å². The Morgan fingerprint density at radius 3 is 2.63 bits per heavy atom. The molecule has 0 amide bonds. The van der Waals surface area contributed by atoms with E-state index >= 15 is 0 Å². The normalized spacial score (nSPS) is 16.5. The first-order chi connectivity index (χ1) is 14.2. The molecule has 0 saturated carbocycles. The number of carboxylic acids is 1. The number of aliphatic hydroxyl groups is 1. The van der Waals surface area contributed by atoms with Gasteiger partial charge in [0.2, 0.25) is 5.88 Å². The number of nitrogens with zero attached hydrogens (tertiary/aromatic N) is 2. The van der Waals surface area contributed by atoms with Crippen molar-refractivity contribution in [2.75, 3.05) is 11.5 Å². The van der Waals surface area contributed by atoms with Crippen LogP contribution in [0.3, 0.4) is 0 Å². The molecule has 2 aromatic carbocycles. The highest BCUT2D eigenvalue weighted by Crippen LogP contribution is 2.33. The summed E-state index contributed by atoms with van der Waals surface area (Å²) >= 11 is 3.28. The molecule has 1 aliphatic rings. The van der Waals surface area contributed by atoms with Crippen LogP contribution in [-0.4, -0.2) is 34.9 Å². The van der Waals surface area contributed by atoms with Crippen molar-refractivity contribution in [1.29, 1.82) is 0 Å². The van der Waals surface area contributed by atoms with Crippen LogP contribution in [0.25, 0.3) is 0 Å². The Hall–Kier alpha value is -2.78. The highest BCUT2D eigenvalue weighted by Gasteiger charge is 2.31. The highest BCUT2D eigenvalue weighted by molar-refractivity contribution is 9.11. The Bertz CT molecular complexity index is 1060. The topological polar surface area (TPSA) is 82.4 Å². The molecule has 1 unspecified atom stereocenters. The van der Waals surface area contributed by atoms with Crippen molar-refractivity contribution in [3.8, 4) is 0 Å². The van der Waals surface area contributed by atoms with Crippen LogP contribution in [0.1, 0.15) is 28.4 Å². The van der Waals surface area contributed by atoms with E-state index in [2.05, 4.69) is 20.9 Å². The lowest BCUT2D eigenvalue weighted by Gasteiger charge is -2.34. The summed E-state index contributed by atoms with van der Waals surface area (Å²) in [5.74, 6) is -1.87.